The van der Waals surface area contributed by atoms with Gasteiger partial charge in [0.25, 0.3) is 0 Å². The number of rotatable bonds is 7. The first-order valence-corrected chi connectivity index (χ1v) is 12.7. The van der Waals surface area contributed by atoms with Crippen molar-refractivity contribution in [2.75, 3.05) is 37.7 Å². The van der Waals surface area contributed by atoms with E-state index in [1.54, 1.807) is 13.8 Å². The topological polar surface area (TPSA) is 103 Å². The summed E-state index contributed by atoms with van der Waals surface area (Å²) >= 11 is 0. The van der Waals surface area contributed by atoms with E-state index in [1.165, 1.54) is 12.3 Å². The lowest BCUT2D eigenvalue weighted by molar-refractivity contribution is 0.0524. The number of halogens is 1. The van der Waals surface area contributed by atoms with Crippen molar-refractivity contribution >= 4 is 28.9 Å². The Morgan fingerprint density at radius 1 is 1.19 bits per heavy atom. The third-order valence-corrected chi connectivity index (χ3v) is 7.30. The number of amides is 1. The number of esters is 1. The van der Waals surface area contributed by atoms with Gasteiger partial charge < -0.3 is 24.3 Å². The molecular formula is C26H31FN4O5. The standard InChI is InChI=1S/C26H31FN4O5/c1-3-35-25(33)20-14-31(17-8-9-17)23-18(22(20)32)10-21(27)24(29-23)30-12-16-7-5-6-15(19(16)13-30)11-28-26(34)36-4-2/h5,7,10,14-17,19H,3-4,6,8-9,11-13H2,1-2H3,(H,28,34). The third kappa shape index (κ3) is 4.56. The molecule has 36 heavy (non-hydrogen) atoms. The van der Waals surface area contributed by atoms with E-state index < -0.39 is 23.3 Å². The van der Waals surface area contributed by atoms with Gasteiger partial charge in [0.15, 0.2) is 11.6 Å². The first-order valence-electron chi connectivity index (χ1n) is 12.7. The van der Waals surface area contributed by atoms with Crippen LogP contribution in [0.2, 0.25) is 0 Å². The smallest absolute Gasteiger partial charge is 0.407 e. The SMILES string of the molecule is CCOC(=O)NCC1CC=CC2CN(c3nc4c(cc3F)c(=O)c(C(=O)OCC)cn4C3CC3)CC21. The number of allylic oxidation sites excluding steroid dienone is 1. The second-order valence-corrected chi connectivity index (χ2v) is 9.65. The van der Waals surface area contributed by atoms with Crippen molar-refractivity contribution in [3.05, 3.63) is 46.0 Å². The molecule has 0 aromatic carbocycles. The highest BCUT2D eigenvalue weighted by atomic mass is 19.1. The van der Waals surface area contributed by atoms with Crippen LogP contribution in [0.15, 0.2) is 29.2 Å². The lowest BCUT2D eigenvalue weighted by Gasteiger charge is -2.29. The Morgan fingerprint density at radius 3 is 2.69 bits per heavy atom. The minimum Gasteiger partial charge on any atom is -0.462 e. The number of fused-ring (bicyclic) bond motifs is 2. The zero-order valence-corrected chi connectivity index (χ0v) is 20.5. The van der Waals surface area contributed by atoms with Crippen LogP contribution in [0.4, 0.5) is 15.0 Å². The average Bonchev–Trinajstić information content (AvgIpc) is 3.61. The van der Waals surface area contributed by atoms with Gasteiger partial charge in [-0.2, -0.15) is 0 Å². The van der Waals surface area contributed by atoms with Crippen molar-refractivity contribution in [1.82, 2.24) is 14.9 Å². The second-order valence-electron chi connectivity index (χ2n) is 9.65. The highest BCUT2D eigenvalue weighted by molar-refractivity contribution is 5.93. The number of carbonyl (C=O) groups is 2. The van der Waals surface area contributed by atoms with Crippen molar-refractivity contribution in [3.63, 3.8) is 0 Å². The molecule has 0 spiro atoms. The van der Waals surface area contributed by atoms with Crippen LogP contribution in [-0.2, 0) is 9.47 Å². The molecule has 1 saturated heterocycles. The van der Waals surface area contributed by atoms with Gasteiger partial charge in [-0.05, 0) is 56.9 Å². The number of aromatic nitrogens is 2. The van der Waals surface area contributed by atoms with E-state index in [2.05, 4.69) is 22.5 Å². The molecule has 2 aromatic rings. The number of pyridine rings is 2. The largest absolute Gasteiger partial charge is 0.462 e. The second kappa shape index (κ2) is 9.91. The summed E-state index contributed by atoms with van der Waals surface area (Å²) in [6.07, 6.45) is 8.00. The molecule has 192 valence electrons. The van der Waals surface area contributed by atoms with Crippen molar-refractivity contribution in [2.45, 2.75) is 39.2 Å². The van der Waals surface area contributed by atoms with E-state index in [0.717, 1.165) is 19.3 Å². The van der Waals surface area contributed by atoms with Crippen molar-refractivity contribution in [2.24, 2.45) is 17.8 Å². The van der Waals surface area contributed by atoms with E-state index >= 15 is 4.39 Å². The predicted molar refractivity (Wildman–Crippen MR) is 132 cm³/mol. The molecule has 5 rings (SSSR count). The molecule has 1 saturated carbocycles. The average molecular weight is 499 g/mol. The van der Waals surface area contributed by atoms with Crippen molar-refractivity contribution < 1.29 is 23.5 Å². The fourth-order valence-corrected chi connectivity index (χ4v) is 5.41. The molecule has 2 aliphatic carbocycles. The van der Waals surface area contributed by atoms with Gasteiger partial charge in [0.05, 0.1) is 18.6 Å². The first-order chi connectivity index (χ1) is 17.4. The maximum atomic E-state index is 15.4. The summed E-state index contributed by atoms with van der Waals surface area (Å²) in [5.41, 5.74) is -0.279. The van der Waals surface area contributed by atoms with Gasteiger partial charge in [0, 0.05) is 31.9 Å². The van der Waals surface area contributed by atoms with Crippen LogP contribution in [0.3, 0.4) is 0 Å². The van der Waals surface area contributed by atoms with Gasteiger partial charge in [-0.15, -0.1) is 0 Å². The molecule has 1 N–H and O–H groups in total. The number of nitrogens with one attached hydrogen (secondary N) is 1. The molecule has 3 atom stereocenters. The Labute approximate surface area is 208 Å². The number of nitrogens with zero attached hydrogens (tertiary/aromatic N) is 3. The lowest BCUT2D eigenvalue weighted by Crippen LogP contribution is -2.36. The number of anilines is 1. The lowest BCUT2D eigenvalue weighted by atomic mass is 9.78. The molecule has 1 aliphatic heterocycles. The highest BCUT2D eigenvalue weighted by Crippen LogP contribution is 2.40. The summed E-state index contributed by atoms with van der Waals surface area (Å²) in [6.45, 7) is 5.58. The molecule has 9 nitrogen and oxygen atoms in total. The molecule has 3 aliphatic rings. The van der Waals surface area contributed by atoms with Crippen LogP contribution in [0.25, 0.3) is 11.0 Å². The normalized spacial score (nSPS) is 23.0. The fourth-order valence-electron chi connectivity index (χ4n) is 5.41. The van der Waals surface area contributed by atoms with E-state index in [4.69, 9.17) is 9.47 Å². The summed E-state index contributed by atoms with van der Waals surface area (Å²) < 4.78 is 27.3. The van der Waals surface area contributed by atoms with Crippen LogP contribution >= 0.6 is 0 Å². The molecule has 1 amide bonds. The van der Waals surface area contributed by atoms with Crippen molar-refractivity contribution in [3.8, 4) is 0 Å². The van der Waals surface area contributed by atoms with Gasteiger partial charge in [-0.3, -0.25) is 4.79 Å². The summed E-state index contributed by atoms with van der Waals surface area (Å²) in [5.74, 6) is -0.449. The molecule has 3 heterocycles. The van der Waals surface area contributed by atoms with E-state index in [9.17, 15) is 14.4 Å². The third-order valence-electron chi connectivity index (χ3n) is 7.30. The summed E-state index contributed by atoms with van der Waals surface area (Å²) in [7, 11) is 0. The Morgan fingerprint density at radius 2 is 1.97 bits per heavy atom. The van der Waals surface area contributed by atoms with E-state index in [1.807, 2.05) is 9.47 Å². The van der Waals surface area contributed by atoms with Gasteiger partial charge in [0.2, 0.25) is 5.43 Å². The van der Waals surface area contributed by atoms with Gasteiger partial charge in [-0.1, -0.05) is 12.2 Å². The summed E-state index contributed by atoms with van der Waals surface area (Å²) in [6, 6.07) is 1.33. The quantitative estimate of drug-likeness (QED) is 0.461. The number of ether oxygens (including phenoxy) is 2. The van der Waals surface area contributed by atoms with E-state index in [0.29, 0.717) is 31.9 Å². The van der Waals surface area contributed by atoms with Gasteiger partial charge in [-0.25, -0.2) is 19.0 Å². The van der Waals surface area contributed by atoms with Crippen LogP contribution in [0.5, 0.6) is 0 Å². The summed E-state index contributed by atoms with van der Waals surface area (Å²) in [4.78, 5) is 43.8. The van der Waals surface area contributed by atoms with Gasteiger partial charge >= 0.3 is 12.1 Å². The first kappa shape index (κ1) is 24.3. The monoisotopic (exact) mass is 498 g/mol. The molecule has 10 heteroatoms. The molecular weight excluding hydrogens is 467 g/mol. The van der Waals surface area contributed by atoms with Gasteiger partial charge in [0.1, 0.15) is 11.2 Å². The van der Waals surface area contributed by atoms with Crippen LogP contribution in [0.1, 0.15) is 49.5 Å². The molecule has 2 fully saturated rings. The molecule has 0 radical (unpaired) electrons. The Balaban J connectivity index is 1.45. The Hall–Kier alpha value is -3.43. The minimum atomic E-state index is -0.707. The highest BCUT2D eigenvalue weighted by Gasteiger charge is 2.40. The summed E-state index contributed by atoms with van der Waals surface area (Å²) in [5, 5.41) is 2.92. The zero-order chi connectivity index (χ0) is 25.4. The van der Waals surface area contributed by atoms with Crippen molar-refractivity contribution in [1.29, 1.82) is 0 Å². The number of hydrogen-bond donors (Lipinski definition) is 1. The predicted octanol–water partition coefficient (Wildman–Crippen LogP) is 3.42. The molecule has 2 aromatic heterocycles. The van der Waals surface area contributed by atoms with Crippen LogP contribution < -0.4 is 15.6 Å². The Kier molecular flexibility index (Phi) is 6.68. The molecule has 0 bridgehead atoms. The number of alkyl carbamates (subject to hydrolysis) is 1. The Bertz CT molecular complexity index is 1270. The van der Waals surface area contributed by atoms with E-state index in [-0.39, 0.29) is 47.2 Å². The minimum absolute atomic E-state index is 0.0849. The zero-order valence-electron chi connectivity index (χ0n) is 20.5. The fraction of sp³-hybridized carbons (Fsp3) is 0.538. The van der Waals surface area contributed by atoms with Crippen LogP contribution in [-0.4, -0.2) is 54.5 Å². The van der Waals surface area contributed by atoms with Crippen LogP contribution in [0, 0.1) is 23.6 Å². The number of carbonyl (C=O) groups excluding carboxylic acids is 2. The maximum Gasteiger partial charge on any atom is 0.407 e. The number of hydrogen-bond acceptors (Lipinski definition) is 7. The molecule has 3 unspecified atom stereocenters. The maximum absolute atomic E-state index is 15.4.